The van der Waals surface area contributed by atoms with Gasteiger partial charge in [-0.05, 0) is 23.8 Å². The third-order valence-corrected chi connectivity index (χ3v) is 4.09. The Hall–Kier alpha value is -3.28. The van der Waals surface area contributed by atoms with E-state index in [1.807, 2.05) is 30.3 Å². The minimum Gasteiger partial charge on any atom is -0.454 e. The Labute approximate surface area is 144 Å². The Morgan fingerprint density at radius 1 is 1.16 bits per heavy atom. The third kappa shape index (κ3) is 3.33. The van der Waals surface area contributed by atoms with Gasteiger partial charge in [-0.2, -0.15) is 0 Å². The Bertz CT molecular complexity index is 863. The largest absolute Gasteiger partial charge is 0.454 e. The molecule has 0 fully saturated rings. The molecule has 2 heterocycles. The number of ether oxygens (including phenoxy) is 2. The third-order valence-electron chi connectivity index (χ3n) is 4.09. The van der Waals surface area contributed by atoms with Crippen molar-refractivity contribution in [1.29, 1.82) is 0 Å². The number of H-pyrrole nitrogens is 1. The van der Waals surface area contributed by atoms with E-state index in [0.29, 0.717) is 23.5 Å². The quantitative estimate of drug-likeness (QED) is 0.752. The number of rotatable bonds is 5. The molecule has 1 atom stereocenters. The lowest BCUT2D eigenvalue weighted by Crippen LogP contribution is -2.30. The fraction of sp³-hybridized carbons (Fsp3) is 0.158. The Morgan fingerprint density at radius 2 is 2.00 bits per heavy atom. The molecule has 0 radical (unpaired) electrons. The van der Waals surface area contributed by atoms with Crippen LogP contribution in [-0.2, 0) is 6.42 Å². The molecule has 1 aromatic heterocycles. The second kappa shape index (κ2) is 6.68. The Balaban J connectivity index is 1.56. The summed E-state index contributed by atoms with van der Waals surface area (Å²) in [7, 11) is 0. The van der Waals surface area contributed by atoms with Crippen LogP contribution in [0.4, 0.5) is 0 Å². The molecule has 6 nitrogen and oxygen atoms in total. The van der Waals surface area contributed by atoms with Crippen LogP contribution in [0.2, 0.25) is 0 Å². The maximum absolute atomic E-state index is 12.7. The van der Waals surface area contributed by atoms with E-state index in [1.54, 1.807) is 30.6 Å². The second-order valence-electron chi connectivity index (χ2n) is 5.74. The van der Waals surface area contributed by atoms with E-state index in [1.165, 1.54) is 0 Å². The van der Waals surface area contributed by atoms with Gasteiger partial charge >= 0.3 is 0 Å². The van der Waals surface area contributed by atoms with Gasteiger partial charge in [0.2, 0.25) is 6.79 Å². The van der Waals surface area contributed by atoms with Crippen LogP contribution < -0.4 is 14.8 Å². The summed E-state index contributed by atoms with van der Waals surface area (Å²) >= 11 is 0. The van der Waals surface area contributed by atoms with Gasteiger partial charge in [-0.1, -0.05) is 30.3 Å². The summed E-state index contributed by atoms with van der Waals surface area (Å²) in [5.74, 6) is 1.90. The molecule has 6 heteroatoms. The monoisotopic (exact) mass is 335 g/mol. The molecule has 0 aliphatic carbocycles. The van der Waals surface area contributed by atoms with E-state index in [2.05, 4.69) is 15.3 Å². The molecule has 0 saturated carbocycles. The first-order valence-corrected chi connectivity index (χ1v) is 8.03. The number of carbonyl (C=O) groups excluding carboxylic acids is 1. The molecule has 1 aliphatic rings. The topological polar surface area (TPSA) is 76.2 Å². The first-order valence-electron chi connectivity index (χ1n) is 8.03. The molecular formula is C19H17N3O3. The summed E-state index contributed by atoms with van der Waals surface area (Å²) in [6, 6.07) is 14.8. The number of hydrogen-bond donors (Lipinski definition) is 2. The molecule has 2 N–H and O–H groups in total. The molecular weight excluding hydrogens is 318 g/mol. The molecule has 126 valence electrons. The highest BCUT2D eigenvalue weighted by molar-refractivity contribution is 5.95. The number of hydrogen-bond acceptors (Lipinski definition) is 4. The zero-order valence-corrected chi connectivity index (χ0v) is 13.4. The van der Waals surface area contributed by atoms with Crippen molar-refractivity contribution in [3.63, 3.8) is 0 Å². The van der Waals surface area contributed by atoms with E-state index in [0.717, 1.165) is 11.4 Å². The van der Waals surface area contributed by atoms with Crippen LogP contribution >= 0.6 is 0 Å². The number of nitrogens with one attached hydrogen (secondary N) is 2. The van der Waals surface area contributed by atoms with Crippen LogP contribution in [0.3, 0.4) is 0 Å². The smallest absolute Gasteiger partial charge is 0.251 e. The predicted molar refractivity (Wildman–Crippen MR) is 91.5 cm³/mol. The molecule has 0 saturated heterocycles. The molecule has 1 aliphatic heterocycles. The lowest BCUT2D eigenvalue weighted by molar-refractivity contribution is 0.0935. The van der Waals surface area contributed by atoms with Crippen LogP contribution in [0, 0.1) is 0 Å². The van der Waals surface area contributed by atoms with E-state index in [-0.39, 0.29) is 18.7 Å². The molecule has 1 amide bonds. The lowest BCUT2D eigenvalue weighted by Gasteiger charge is -2.18. The highest BCUT2D eigenvalue weighted by atomic mass is 16.7. The number of imidazole rings is 1. The fourth-order valence-electron chi connectivity index (χ4n) is 2.82. The van der Waals surface area contributed by atoms with E-state index in [9.17, 15) is 4.79 Å². The van der Waals surface area contributed by atoms with E-state index < -0.39 is 0 Å². The highest BCUT2D eigenvalue weighted by Gasteiger charge is 2.20. The normalized spacial score (nSPS) is 13.4. The van der Waals surface area contributed by atoms with Crippen molar-refractivity contribution in [2.24, 2.45) is 0 Å². The molecule has 1 unspecified atom stereocenters. The number of benzene rings is 2. The maximum Gasteiger partial charge on any atom is 0.251 e. The predicted octanol–water partition coefficient (Wildman–Crippen LogP) is 2.85. The zero-order valence-electron chi connectivity index (χ0n) is 13.4. The average molecular weight is 335 g/mol. The van der Waals surface area contributed by atoms with Gasteiger partial charge in [-0.15, -0.1) is 0 Å². The summed E-state index contributed by atoms with van der Waals surface area (Å²) in [6.45, 7) is 0.186. The van der Waals surface area contributed by atoms with E-state index in [4.69, 9.17) is 9.47 Å². The summed E-state index contributed by atoms with van der Waals surface area (Å²) in [5.41, 5.74) is 1.55. The Kier molecular flexibility index (Phi) is 4.08. The number of carbonyl (C=O) groups is 1. The lowest BCUT2D eigenvalue weighted by atomic mass is 10.0. The number of nitrogens with zero attached hydrogens (tertiary/aromatic N) is 1. The van der Waals surface area contributed by atoms with Crippen LogP contribution in [0.1, 0.15) is 27.8 Å². The Morgan fingerprint density at radius 3 is 2.80 bits per heavy atom. The van der Waals surface area contributed by atoms with E-state index >= 15 is 0 Å². The molecule has 25 heavy (non-hydrogen) atoms. The first-order chi connectivity index (χ1) is 12.3. The van der Waals surface area contributed by atoms with Crippen molar-refractivity contribution in [2.45, 2.75) is 12.5 Å². The summed E-state index contributed by atoms with van der Waals surface area (Å²) in [6.07, 6.45) is 4.06. The molecule has 0 bridgehead atoms. The standard InChI is InChI=1S/C19H17N3O3/c23-19(14-6-7-16-17(10-14)25-12-24-16)22-15(11-18-20-8-9-21-18)13-4-2-1-3-5-13/h1-10,15H,11-12H2,(H,20,21)(H,22,23). The molecule has 2 aromatic carbocycles. The molecule has 4 rings (SSSR count). The zero-order chi connectivity index (χ0) is 17.1. The SMILES string of the molecule is O=C(NC(Cc1ncc[nH]1)c1ccccc1)c1ccc2c(c1)OCO2. The number of fused-ring (bicyclic) bond motifs is 1. The van der Waals surface area contributed by atoms with Crippen LogP contribution in [0.25, 0.3) is 0 Å². The fourth-order valence-corrected chi connectivity index (χ4v) is 2.82. The van der Waals surface area contributed by atoms with Crippen LogP contribution in [-0.4, -0.2) is 22.7 Å². The van der Waals surface area contributed by atoms with Gasteiger partial charge in [0, 0.05) is 24.4 Å². The van der Waals surface area contributed by atoms with Gasteiger partial charge in [0.15, 0.2) is 11.5 Å². The van der Waals surface area contributed by atoms with Crippen molar-refractivity contribution in [3.8, 4) is 11.5 Å². The number of amides is 1. The minimum atomic E-state index is -0.190. The van der Waals surface area contributed by atoms with Gasteiger partial charge in [-0.3, -0.25) is 4.79 Å². The number of aromatic amines is 1. The van der Waals surface area contributed by atoms with Crippen molar-refractivity contribution < 1.29 is 14.3 Å². The van der Waals surface area contributed by atoms with Crippen LogP contribution in [0.5, 0.6) is 11.5 Å². The minimum absolute atomic E-state index is 0.168. The van der Waals surface area contributed by atoms with Gasteiger partial charge in [0.25, 0.3) is 5.91 Å². The van der Waals surface area contributed by atoms with Crippen molar-refractivity contribution >= 4 is 5.91 Å². The summed E-state index contributed by atoms with van der Waals surface area (Å²) < 4.78 is 10.6. The average Bonchev–Trinajstić information content (AvgIpc) is 3.32. The highest BCUT2D eigenvalue weighted by Crippen LogP contribution is 2.32. The summed E-state index contributed by atoms with van der Waals surface area (Å²) in [5, 5.41) is 3.08. The van der Waals surface area contributed by atoms with Gasteiger partial charge in [-0.25, -0.2) is 4.98 Å². The molecule has 0 spiro atoms. The van der Waals surface area contributed by atoms with Crippen molar-refractivity contribution in [1.82, 2.24) is 15.3 Å². The summed E-state index contributed by atoms with van der Waals surface area (Å²) in [4.78, 5) is 20.1. The molecule has 3 aromatic rings. The first kappa shape index (κ1) is 15.3. The van der Waals surface area contributed by atoms with Gasteiger partial charge in [0.05, 0.1) is 6.04 Å². The van der Waals surface area contributed by atoms with Gasteiger partial charge < -0.3 is 19.8 Å². The maximum atomic E-state index is 12.7. The van der Waals surface area contributed by atoms with Crippen LogP contribution in [0.15, 0.2) is 60.9 Å². The van der Waals surface area contributed by atoms with Crippen molar-refractivity contribution in [3.05, 3.63) is 77.9 Å². The van der Waals surface area contributed by atoms with Gasteiger partial charge in [0.1, 0.15) is 5.82 Å². The number of aromatic nitrogens is 2. The second-order valence-corrected chi connectivity index (χ2v) is 5.74. The van der Waals surface area contributed by atoms with Crippen molar-refractivity contribution in [2.75, 3.05) is 6.79 Å².